The summed E-state index contributed by atoms with van der Waals surface area (Å²) >= 11 is 0. The lowest BCUT2D eigenvalue weighted by atomic mass is 9.91. The van der Waals surface area contributed by atoms with Crippen LogP contribution < -0.4 is 4.74 Å². The minimum Gasteiger partial charge on any atom is -0.496 e. The van der Waals surface area contributed by atoms with E-state index in [-0.39, 0.29) is 12.0 Å². The molecule has 1 aromatic carbocycles. The number of nitrogens with zero attached hydrogens (tertiary/aromatic N) is 2. The Kier molecular flexibility index (Phi) is 4.99. The Balaban J connectivity index is 2.17. The van der Waals surface area contributed by atoms with E-state index < -0.39 is 0 Å². The first-order valence-electron chi connectivity index (χ1n) is 7.03. The molecule has 20 heavy (non-hydrogen) atoms. The van der Waals surface area contributed by atoms with Crippen molar-refractivity contribution in [2.24, 2.45) is 0 Å². The van der Waals surface area contributed by atoms with E-state index >= 15 is 0 Å². The predicted molar refractivity (Wildman–Crippen MR) is 77.9 cm³/mol. The molecule has 1 aliphatic rings. The molecule has 2 unspecified atom stereocenters. The van der Waals surface area contributed by atoms with Gasteiger partial charge in [-0.1, -0.05) is 19.1 Å². The molecule has 0 radical (unpaired) electrons. The van der Waals surface area contributed by atoms with E-state index in [9.17, 15) is 5.26 Å². The Morgan fingerprint density at radius 2 is 2.05 bits per heavy atom. The number of hydrogen-bond acceptors (Lipinski definition) is 4. The fourth-order valence-corrected chi connectivity index (χ4v) is 2.73. The second kappa shape index (κ2) is 6.74. The van der Waals surface area contributed by atoms with Crippen molar-refractivity contribution in [2.75, 3.05) is 33.4 Å². The van der Waals surface area contributed by atoms with E-state index in [0.29, 0.717) is 13.2 Å². The topological polar surface area (TPSA) is 45.5 Å². The van der Waals surface area contributed by atoms with Crippen LogP contribution in [-0.4, -0.2) is 44.4 Å². The summed E-state index contributed by atoms with van der Waals surface area (Å²) in [7, 11) is 1.68. The zero-order valence-corrected chi connectivity index (χ0v) is 12.4. The number of methoxy groups -OCH3 is 1. The maximum atomic E-state index is 9.52. The third-order valence-corrected chi connectivity index (χ3v) is 3.99. The van der Waals surface area contributed by atoms with Crippen LogP contribution in [-0.2, 0) is 4.74 Å². The Bertz CT molecular complexity index is 490. The quantitative estimate of drug-likeness (QED) is 0.845. The van der Waals surface area contributed by atoms with Crippen molar-refractivity contribution in [3.05, 3.63) is 29.3 Å². The number of rotatable bonds is 4. The number of morpholine rings is 1. The lowest BCUT2D eigenvalue weighted by molar-refractivity contribution is 0.0231. The van der Waals surface area contributed by atoms with Crippen LogP contribution in [0.15, 0.2) is 18.2 Å². The smallest absolute Gasteiger partial charge is 0.121 e. The van der Waals surface area contributed by atoms with E-state index in [1.165, 1.54) is 5.56 Å². The number of ether oxygens (including phenoxy) is 2. The summed E-state index contributed by atoms with van der Waals surface area (Å²) in [4.78, 5) is 2.22. The summed E-state index contributed by atoms with van der Waals surface area (Å²) in [5, 5.41) is 9.52. The molecule has 4 nitrogen and oxygen atoms in total. The first-order valence-corrected chi connectivity index (χ1v) is 7.03. The second-order valence-corrected chi connectivity index (χ2v) is 5.24. The minimum absolute atomic E-state index is 0.105. The Labute approximate surface area is 120 Å². The van der Waals surface area contributed by atoms with Gasteiger partial charge < -0.3 is 9.47 Å². The average molecular weight is 274 g/mol. The standard InChI is InChI=1S/C16H22N2O2/c1-12-10-14(4-5-16(12)19-3)13(2)15(11-17)18-6-8-20-9-7-18/h4-5,10,13,15H,6-9H2,1-3H3. The molecule has 1 saturated heterocycles. The molecule has 1 fully saturated rings. The zero-order valence-electron chi connectivity index (χ0n) is 12.4. The molecule has 108 valence electrons. The van der Waals surface area contributed by atoms with Crippen molar-refractivity contribution in [3.8, 4) is 11.8 Å². The Morgan fingerprint density at radius 3 is 2.60 bits per heavy atom. The zero-order chi connectivity index (χ0) is 14.5. The lowest BCUT2D eigenvalue weighted by Crippen LogP contribution is -2.45. The van der Waals surface area contributed by atoms with Crippen molar-refractivity contribution in [1.29, 1.82) is 5.26 Å². The van der Waals surface area contributed by atoms with Crippen LogP contribution in [0, 0.1) is 18.3 Å². The molecule has 1 heterocycles. The van der Waals surface area contributed by atoms with Gasteiger partial charge in [-0.15, -0.1) is 0 Å². The molecule has 0 spiro atoms. The van der Waals surface area contributed by atoms with E-state index in [2.05, 4.69) is 30.0 Å². The minimum atomic E-state index is -0.105. The first-order chi connectivity index (χ1) is 9.67. The lowest BCUT2D eigenvalue weighted by Gasteiger charge is -2.34. The van der Waals surface area contributed by atoms with Crippen LogP contribution in [0.25, 0.3) is 0 Å². The highest BCUT2D eigenvalue weighted by atomic mass is 16.5. The van der Waals surface area contributed by atoms with Gasteiger partial charge in [-0.05, 0) is 24.1 Å². The van der Waals surface area contributed by atoms with Crippen LogP contribution >= 0.6 is 0 Å². The Morgan fingerprint density at radius 1 is 1.35 bits per heavy atom. The van der Waals surface area contributed by atoms with Gasteiger partial charge in [0, 0.05) is 19.0 Å². The van der Waals surface area contributed by atoms with Gasteiger partial charge in [0.1, 0.15) is 11.8 Å². The van der Waals surface area contributed by atoms with Gasteiger partial charge in [-0.25, -0.2) is 0 Å². The molecule has 0 saturated carbocycles. The van der Waals surface area contributed by atoms with Gasteiger partial charge in [-0.3, -0.25) is 4.90 Å². The van der Waals surface area contributed by atoms with E-state index in [1.54, 1.807) is 7.11 Å². The summed E-state index contributed by atoms with van der Waals surface area (Å²) in [6.45, 7) is 7.24. The highest BCUT2D eigenvalue weighted by Gasteiger charge is 2.27. The van der Waals surface area contributed by atoms with Crippen LogP contribution in [0.5, 0.6) is 5.75 Å². The van der Waals surface area contributed by atoms with Gasteiger partial charge in [0.25, 0.3) is 0 Å². The highest BCUT2D eigenvalue weighted by Crippen LogP contribution is 2.27. The monoisotopic (exact) mass is 274 g/mol. The molecular formula is C16H22N2O2. The van der Waals surface area contributed by atoms with Gasteiger partial charge in [0.2, 0.25) is 0 Å². The van der Waals surface area contributed by atoms with Crippen molar-refractivity contribution in [3.63, 3.8) is 0 Å². The van der Waals surface area contributed by atoms with E-state index in [4.69, 9.17) is 9.47 Å². The SMILES string of the molecule is COc1ccc(C(C)C(C#N)N2CCOCC2)cc1C. The number of aryl methyl sites for hydroxylation is 1. The molecule has 0 aromatic heterocycles. The fourth-order valence-electron chi connectivity index (χ4n) is 2.73. The van der Waals surface area contributed by atoms with Crippen LogP contribution in [0.4, 0.5) is 0 Å². The molecule has 0 N–H and O–H groups in total. The maximum absolute atomic E-state index is 9.52. The molecule has 2 rings (SSSR count). The number of hydrogen-bond donors (Lipinski definition) is 0. The summed E-state index contributed by atoms with van der Waals surface area (Å²) in [6, 6.07) is 8.51. The van der Waals surface area contributed by atoms with E-state index in [0.717, 1.165) is 24.4 Å². The van der Waals surface area contributed by atoms with Crippen molar-refractivity contribution in [2.45, 2.75) is 25.8 Å². The maximum Gasteiger partial charge on any atom is 0.121 e. The molecule has 0 bridgehead atoms. The molecular weight excluding hydrogens is 252 g/mol. The number of nitriles is 1. The summed E-state index contributed by atoms with van der Waals surface area (Å²) in [5.74, 6) is 1.06. The van der Waals surface area contributed by atoms with Gasteiger partial charge in [0.15, 0.2) is 0 Å². The average Bonchev–Trinajstić information content (AvgIpc) is 2.49. The third kappa shape index (κ3) is 3.12. The highest BCUT2D eigenvalue weighted by molar-refractivity contribution is 5.38. The molecule has 1 aliphatic heterocycles. The van der Waals surface area contributed by atoms with Crippen LogP contribution in [0.1, 0.15) is 24.0 Å². The number of benzene rings is 1. The van der Waals surface area contributed by atoms with Crippen molar-refractivity contribution >= 4 is 0 Å². The second-order valence-electron chi connectivity index (χ2n) is 5.24. The molecule has 0 aliphatic carbocycles. The van der Waals surface area contributed by atoms with Gasteiger partial charge in [0.05, 0.1) is 26.4 Å². The van der Waals surface area contributed by atoms with Crippen molar-refractivity contribution in [1.82, 2.24) is 4.90 Å². The molecule has 2 atom stereocenters. The van der Waals surface area contributed by atoms with Gasteiger partial charge in [-0.2, -0.15) is 5.26 Å². The van der Waals surface area contributed by atoms with Crippen molar-refractivity contribution < 1.29 is 9.47 Å². The van der Waals surface area contributed by atoms with Gasteiger partial charge >= 0.3 is 0 Å². The van der Waals surface area contributed by atoms with Crippen LogP contribution in [0.2, 0.25) is 0 Å². The first kappa shape index (κ1) is 14.8. The fraction of sp³-hybridized carbons (Fsp3) is 0.562. The summed E-state index contributed by atoms with van der Waals surface area (Å²) in [6.07, 6.45) is 0. The normalized spacial score (nSPS) is 19.1. The molecule has 0 amide bonds. The van der Waals surface area contributed by atoms with Crippen LogP contribution in [0.3, 0.4) is 0 Å². The molecule has 4 heteroatoms. The molecule has 1 aromatic rings. The predicted octanol–water partition coefficient (Wildman–Crippen LogP) is 2.33. The Hall–Kier alpha value is -1.57. The third-order valence-electron chi connectivity index (χ3n) is 3.99. The largest absolute Gasteiger partial charge is 0.496 e. The summed E-state index contributed by atoms with van der Waals surface area (Å²) < 4.78 is 10.7. The van der Waals surface area contributed by atoms with E-state index in [1.807, 2.05) is 13.0 Å². The summed E-state index contributed by atoms with van der Waals surface area (Å²) in [5.41, 5.74) is 2.29.